The van der Waals surface area contributed by atoms with Crippen molar-refractivity contribution >= 4 is 0 Å². The Bertz CT molecular complexity index is 312. The number of rotatable bonds is 2. The molecule has 1 nitrogen and oxygen atoms in total. The summed E-state index contributed by atoms with van der Waals surface area (Å²) in [4.78, 5) is 0. The van der Waals surface area contributed by atoms with Crippen molar-refractivity contribution in [3.8, 4) is 0 Å². The minimum atomic E-state index is 0.531. The minimum absolute atomic E-state index is 0.531. The van der Waals surface area contributed by atoms with E-state index in [2.05, 4.69) is 6.92 Å². The van der Waals surface area contributed by atoms with Crippen molar-refractivity contribution in [2.45, 2.75) is 77.2 Å². The second kappa shape index (κ2) is 4.48. The second-order valence-electron chi connectivity index (χ2n) is 8.84. The van der Waals surface area contributed by atoms with E-state index in [1.807, 2.05) is 0 Å². The summed E-state index contributed by atoms with van der Waals surface area (Å²) in [6.07, 6.45) is 14.8. The molecular formula is C18H31N. The standard InChI is InChI=1S/C18H31N/c1-12-3-2-4-16(5-12)17(19)18-9-13-6-14(10-18)8-15(7-13)11-18/h12-17H,2-11,19H2,1H3. The largest absolute Gasteiger partial charge is 0.327 e. The third-order valence-corrected chi connectivity index (χ3v) is 7.28. The molecule has 0 radical (unpaired) electrons. The predicted molar refractivity (Wildman–Crippen MR) is 79.7 cm³/mol. The van der Waals surface area contributed by atoms with Gasteiger partial charge >= 0.3 is 0 Å². The quantitative estimate of drug-likeness (QED) is 0.785. The van der Waals surface area contributed by atoms with Crippen LogP contribution in [0.4, 0.5) is 0 Å². The monoisotopic (exact) mass is 261 g/mol. The van der Waals surface area contributed by atoms with Gasteiger partial charge in [-0.2, -0.15) is 0 Å². The lowest BCUT2D eigenvalue weighted by molar-refractivity contribution is -0.0808. The lowest BCUT2D eigenvalue weighted by Crippen LogP contribution is -2.57. The third kappa shape index (κ3) is 2.07. The van der Waals surface area contributed by atoms with Crippen molar-refractivity contribution in [2.75, 3.05) is 0 Å². The van der Waals surface area contributed by atoms with Gasteiger partial charge in [-0.1, -0.05) is 19.8 Å². The first-order valence-corrected chi connectivity index (χ1v) is 8.90. The Morgan fingerprint density at radius 3 is 2.00 bits per heavy atom. The molecular weight excluding hydrogens is 230 g/mol. The highest BCUT2D eigenvalue weighted by Gasteiger charge is 2.54. The Labute approximate surface area is 118 Å². The molecule has 0 aromatic heterocycles. The molecule has 5 rings (SSSR count). The smallest absolute Gasteiger partial charge is 0.0124 e. The SMILES string of the molecule is CC1CCCC(C(N)C23CC4CC(CC(C4)C2)C3)C1. The van der Waals surface area contributed by atoms with E-state index in [1.165, 1.54) is 44.9 Å². The summed E-state index contributed by atoms with van der Waals surface area (Å²) in [5.41, 5.74) is 7.49. The molecule has 2 N–H and O–H groups in total. The molecule has 3 atom stereocenters. The zero-order chi connectivity index (χ0) is 13.0. The van der Waals surface area contributed by atoms with Crippen LogP contribution in [0.1, 0.15) is 71.1 Å². The lowest BCUT2D eigenvalue weighted by Gasteiger charge is -2.60. The average Bonchev–Trinajstić information content (AvgIpc) is 2.36. The van der Waals surface area contributed by atoms with Gasteiger partial charge in [0.25, 0.3) is 0 Å². The van der Waals surface area contributed by atoms with Gasteiger partial charge in [0, 0.05) is 6.04 Å². The first kappa shape index (κ1) is 12.7. The zero-order valence-electron chi connectivity index (χ0n) is 12.6. The molecule has 5 aliphatic rings. The van der Waals surface area contributed by atoms with E-state index in [0.29, 0.717) is 11.5 Å². The number of hydrogen-bond donors (Lipinski definition) is 1. The molecule has 3 unspecified atom stereocenters. The van der Waals surface area contributed by atoms with E-state index in [4.69, 9.17) is 5.73 Å². The van der Waals surface area contributed by atoms with Crippen molar-refractivity contribution < 1.29 is 0 Å². The van der Waals surface area contributed by atoms with Crippen LogP contribution in [-0.2, 0) is 0 Å². The van der Waals surface area contributed by atoms with Crippen molar-refractivity contribution in [3.63, 3.8) is 0 Å². The number of hydrogen-bond acceptors (Lipinski definition) is 1. The molecule has 5 aliphatic carbocycles. The normalized spacial score (nSPS) is 54.3. The highest BCUT2D eigenvalue weighted by Crippen LogP contribution is 2.62. The first-order valence-electron chi connectivity index (χ1n) is 8.90. The maximum absolute atomic E-state index is 6.91. The molecule has 4 bridgehead atoms. The summed E-state index contributed by atoms with van der Waals surface area (Å²) in [5.74, 6) is 4.94. The van der Waals surface area contributed by atoms with E-state index >= 15 is 0 Å². The van der Waals surface area contributed by atoms with Gasteiger partial charge < -0.3 is 5.73 Å². The molecule has 19 heavy (non-hydrogen) atoms. The Kier molecular flexibility index (Phi) is 2.99. The van der Waals surface area contributed by atoms with Gasteiger partial charge in [-0.15, -0.1) is 0 Å². The van der Waals surface area contributed by atoms with E-state index in [-0.39, 0.29) is 0 Å². The van der Waals surface area contributed by atoms with Crippen LogP contribution in [0.15, 0.2) is 0 Å². The Balaban J connectivity index is 1.54. The summed E-state index contributed by atoms with van der Waals surface area (Å²) in [6.45, 7) is 2.44. The summed E-state index contributed by atoms with van der Waals surface area (Å²) >= 11 is 0. The Hall–Kier alpha value is -0.0400. The predicted octanol–water partition coefficient (Wildman–Crippen LogP) is 4.36. The van der Waals surface area contributed by atoms with Crippen LogP contribution in [0.3, 0.4) is 0 Å². The number of nitrogens with two attached hydrogens (primary N) is 1. The summed E-state index contributed by atoms with van der Waals surface area (Å²) < 4.78 is 0. The molecule has 0 spiro atoms. The fourth-order valence-corrected chi connectivity index (χ4v) is 6.89. The highest BCUT2D eigenvalue weighted by molar-refractivity contribution is 5.07. The van der Waals surface area contributed by atoms with Crippen LogP contribution >= 0.6 is 0 Å². The van der Waals surface area contributed by atoms with E-state index in [9.17, 15) is 0 Å². The van der Waals surface area contributed by atoms with Crippen LogP contribution in [0.25, 0.3) is 0 Å². The zero-order valence-corrected chi connectivity index (χ0v) is 12.6. The molecule has 0 aromatic carbocycles. The molecule has 0 amide bonds. The van der Waals surface area contributed by atoms with Crippen molar-refractivity contribution in [1.82, 2.24) is 0 Å². The topological polar surface area (TPSA) is 26.0 Å². The van der Waals surface area contributed by atoms with Crippen LogP contribution in [0.5, 0.6) is 0 Å². The van der Waals surface area contributed by atoms with Gasteiger partial charge in [0.2, 0.25) is 0 Å². The van der Waals surface area contributed by atoms with E-state index in [0.717, 1.165) is 29.6 Å². The van der Waals surface area contributed by atoms with Gasteiger partial charge in [-0.25, -0.2) is 0 Å². The fraction of sp³-hybridized carbons (Fsp3) is 1.00. The molecule has 0 aromatic rings. The lowest BCUT2D eigenvalue weighted by atomic mass is 9.46. The maximum atomic E-state index is 6.91. The van der Waals surface area contributed by atoms with Crippen molar-refractivity contribution in [3.05, 3.63) is 0 Å². The molecule has 0 heterocycles. The van der Waals surface area contributed by atoms with Gasteiger partial charge in [0.05, 0.1) is 0 Å². The Morgan fingerprint density at radius 2 is 1.47 bits per heavy atom. The highest BCUT2D eigenvalue weighted by atomic mass is 14.8. The molecule has 108 valence electrons. The van der Waals surface area contributed by atoms with Crippen LogP contribution < -0.4 is 5.73 Å². The van der Waals surface area contributed by atoms with Gasteiger partial charge in [-0.3, -0.25) is 0 Å². The second-order valence-corrected chi connectivity index (χ2v) is 8.84. The fourth-order valence-electron chi connectivity index (χ4n) is 6.89. The summed E-state index contributed by atoms with van der Waals surface area (Å²) in [7, 11) is 0. The van der Waals surface area contributed by atoms with Crippen LogP contribution in [0.2, 0.25) is 0 Å². The molecule has 0 aliphatic heterocycles. The van der Waals surface area contributed by atoms with Gasteiger partial charge in [0.1, 0.15) is 0 Å². The average molecular weight is 261 g/mol. The summed E-state index contributed by atoms with van der Waals surface area (Å²) in [5, 5.41) is 0. The van der Waals surface area contributed by atoms with Crippen molar-refractivity contribution in [1.29, 1.82) is 0 Å². The maximum Gasteiger partial charge on any atom is 0.0124 e. The third-order valence-electron chi connectivity index (χ3n) is 7.28. The van der Waals surface area contributed by atoms with Gasteiger partial charge in [0.15, 0.2) is 0 Å². The van der Waals surface area contributed by atoms with Crippen LogP contribution in [-0.4, -0.2) is 6.04 Å². The molecule has 5 fully saturated rings. The van der Waals surface area contributed by atoms with Crippen molar-refractivity contribution in [2.24, 2.45) is 40.7 Å². The molecule has 1 heteroatoms. The molecule has 5 saturated carbocycles. The van der Waals surface area contributed by atoms with Crippen LogP contribution in [0, 0.1) is 35.0 Å². The minimum Gasteiger partial charge on any atom is -0.327 e. The Morgan fingerprint density at radius 1 is 0.895 bits per heavy atom. The molecule has 0 saturated heterocycles. The van der Waals surface area contributed by atoms with E-state index in [1.54, 1.807) is 19.3 Å². The summed E-state index contributed by atoms with van der Waals surface area (Å²) in [6, 6.07) is 0.531. The van der Waals surface area contributed by atoms with E-state index < -0.39 is 0 Å². The van der Waals surface area contributed by atoms with Gasteiger partial charge in [-0.05, 0) is 86.4 Å². The first-order chi connectivity index (χ1) is 9.14.